The Labute approximate surface area is 254 Å². The molecule has 0 unspecified atom stereocenters. The molecule has 4 heterocycles. The molecule has 0 spiro atoms. The topological polar surface area (TPSA) is 110 Å². The first kappa shape index (κ1) is 32.9. The Morgan fingerprint density at radius 1 is 1.07 bits per heavy atom. The number of epoxide rings is 1. The molecule has 4 rings (SSSR count). The number of rotatable bonds is 5. The van der Waals surface area contributed by atoms with Crippen LogP contribution in [0.5, 0.6) is 0 Å². The zero-order chi connectivity index (χ0) is 30.9. The molecule has 0 radical (unpaired) electrons. The van der Waals surface area contributed by atoms with Gasteiger partial charge in [0.2, 0.25) is 0 Å². The van der Waals surface area contributed by atoms with Gasteiger partial charge in [-0.05, 0) is 51.0 Å². The molecule has 9 heteroatoms. The van der Waals surface area contributed by atoms with Gasteiger partial charge in [-0.1, -0.05) is 55.0 Å². The number of ether oxygens (including phenoxy) is 6. The highest BCUT2D eigenvalue weighted by molar-refractivity contribution is 5.82. The summed E-state index contributed by atoms with van der Waals surface area (Å²) in [6.07, 6.45) is 14.1. The SMILES string of the molecule is C=C1C[C@H](C)C[C@@H]2CC=C[C@@H](C/C=C\C(=O)O[C@H]([C@H](/C=C/[C@@H]3CC(C)=CCO3)OC(C)=O)C[C@@H]3O[C@H]3[C@@H](OC(C)=O)C1)O2. The van der Waals surface area contributed by atoms with Crippen molar-refractivity contribution in [3.05, 3.63) is 60.3 Å². The minimum atomic E-state index is -0.867. The molecule has 236 valence electrons. The summed E-state index contributed by atoms with van der Waals surface area (Å²) in [5.41, 5.74) is 2.18. The van der Waals surface area contributed by atoms with E-state index in [1.54, 1.807) is 12.2 Å². The first-order valence-electron chi connectivity index (χ1n) is 15.4. The molecule has 0 aromatic rings. The van der Waals surface area contributed by atoms with E-state index in [0.29, 0.717) is 25.4 Å². The number of esters is 3. The highest BCUT2D eigenvalue weighted by Crippen LogP contribution is 2.37. The molecule has 4 aliphatic heterocycles. The lowest BCUT2D eigenvalue weighted by Gasteiger charge is -2.28. The van der Waals surface area contributed by atoms with Crippen LogP contribution < -0.4 is 0 Å². The number of cyclic esters (lactones) is 1. The Balaban J connectivity index is 1.57. The summed E-state index contributed by atoms with van der Waals surface area (Å²) >= 11 is 0. The van der Waals surface area contributed by atoms with Crippen molar-refractivity contribution < 1.29 is 42.8 Å². The highest BCUT2D eigenvalue weighted by atomic mass is 16.6. The average molecular weight is 599 g/mol. The Bertz CT molecular complexity index is 1130. The molecule has 43 heavy (non-hydrogen) atoms. The van der Waals surface area contributed by atoms with Crippen molar-refractivity contribution >= 4 is 17.9 Å². The Kier molecular flexibility index (Phi) is 12.0. The minimum absolute atomic E-state index is 0.0746. The van der Waals surface area contributed by atoms with Crippen LogP contribution >= 0.6 is 0 Å². The summed E-state index contributed by atoms with van der Waals surface area (Å²) in [5, 5.41) is 0. The molecule has 0 aliphatic carbocycles. The molecule has 9 atom stereocenters. The lowest BCUT2D eigenvalue weighted by Crippen LogP contribution is -2.36. The van der Waals surface area contributed by atoms with Gasteiger partial charge in [-0.15, -0.1) is 0 Å². The van der Waals surface area contributed by atoms with Crippen LogP contribution in [0.25, 0.3) is 0 Å². The molecule has 1 fully saturated rings. The first-order valence-corrected chi connectivity index (χ1v) is 15.4. The summed E-state index contributed by atoms with van der Waals surface area (Å²) < 4.78 is 35.3. The number of hydrogen-bond donors (Lipinski definition) is 0. The van der Waals surface area contributed by atoms with Crippen LogP contribution in [0.1, 0.15) is 72.6 Å². The molecule has 1 saturated heterocycles. The minimum Gasteiger partial charge on any atom is -0.459 e. The van der Waals surface area contributed by atoms with E-state index >= 15 is 0 Å². The fourth-order valence-electron chi connectivity index (χ4n) is 6.05. The number of hydrogen-bond acceptors (Lipinski definition) is 9. The zero-order valence-electron chi connectivity index (χ0n) is 25.8. The monoisotopic (exact) mass is 598 g/mol. The van der Waals surface area contributed by atoms with Crippen LogP contribution in [0.3, 0.4) is 0 Å². The lowest BCUT2D eigenvalue weighted by atomic mass is 9.90. The maximum atomic E-state index is 13.0. The van der Waals surface area contributed by atoms with Crippen LogP contribution in [0.4, 0.5) is 0 Å². The second kappa shape index (κ2) is 15.6. The van der Waals surface area contributed by atoms with E-state index in [0.717, 1.165) is 31.3 Å². The van der Waals surface area contributed by atoms with Gasteiger partial charge in [0.05, 0.1) is 31.0 Å². The predicted molar refractivity (Wildman–Crippen MR) is 160 cm³/mol. The fourth-order valence-corrected chi connectivity index (χ4v) is 6.05. The maximum absolute atomic E-state index is 13.0. The highest BCUT2D eigenvalue weighted by Gasteiger charge is 2.49. The van der Waals surface area contributed by atoms with Crippen molar-refractivity contribution in [2.75, 3.05) is 6.61 Å². The van der Waals surface area contributed by atoms with E-state index in [2.05, 4.69) is 19.6 Å². The average Bonchev–Trinajstić information content (AvgIpc) is 3.68. The summed E-state index contributed by atoms with van der Waals surface area (Å²) in [5.74, 6) is -1.14. The van der Waals surface area contributed by atoms with Crippen molar-refractivity contribution in [2.45, 2.75) is 121 Å². The van der Waals surface area contributed by atoms with Crippen molar-refractivity contribution in [3.8, 4) is 0 Å². The molecule has 0 aromatic heterocycles. The van der Waals surface area contributed by atoms with Crippen molar-refractivity contribution in [3.63, 3.8) is 0 Å². The lowest BCUT2D eigenvalue weighted by molar-refractivity contribution is -0.160. The Hall–Kier alpha value is -3.01. The van der Waals surface area contributed by atoms with Gasteiger partial charge in [0.1, 0.15) is 18.3 Å². The summed E-state index contributed by atoms with van der Waals surface area (Å²) in [4.78, 5) is 37.2. The largest absolute Gasteiger partial charge is 0.459 e. The van der Waals surface area contributed by atoms with Gasteiger partial charge in [-0.3, -0.25) is 9.59 Å². The van der Waals surface area contributed by atoms with Crippen LogP contribution in [0.2, 0.25) is 0 Å². The second-order valence-electron chi connectivity index (χ2n) is 12.2. The Morgan fingerprint density at radius 3 is 2.63 bits per heavy atom. The molecular formula is C34H46O9. The van der Waals surface area contributed by atoms with E-state index < -0.39 is 42.3 Å². The second-order valence-corrected chi connectivity index (χ2v) is 12.2. The summed E-state index contributed by atoms with van der Waals surface area (Å²) in [6, 6.07) is 0. The van der Waals surface area contributed by atoms with Crippen LogP contribution in [-0.2, 0) is 42.8 Å². The van der Waals surface area contributed by atoms with Gasteiger partial charge in [0.15, 0.2) is 6.10 Å². The van der Waals surface area contributed by atoms with Gasteiger partial charge >= 0.3 is 17.9 Å². The van der Waals surface area contributed by atoms with E-state index in [4.69, 9.17) is 28.4 Å². The third-order valence-corrected chi connectivity index (χ3v) is 8.02. The number of carbonyl (C=O) groups excluding carboxylic acids is 3. The van der Waals surface area contributed by atoms with Gasteiger partial charge in [-0.2, -0.15) is 0 Å². The van der Waals surface area contributed by atoms with Crippen LogP contribution in [-0.4, -0.2) is 73.3 Å². The molecule has 0 aromatic carbocycles. The van der Waals surface area contributed by atoms with E-state index in [1.807, 2.05) is 25.2 Å². The zero-order valence-corrected chi connectivity index (χ0v) is 25.8. The molecular weight excluding hydrogens is 552 g/mol. The van der Waals surface area contributed by atoms with Crippen LogP contribution in [0, 0.1) is 5.92 Å². The molecule has 0 saturated carbocycles. The standard InChI is InChI=1S/C34H46O9/c1-21-14-15-38-27(17-21)12-13-29(39-24(4)35)30-20-32-34(43-32)31(40-25(5)36)19-23(3)16-22(2)18-28-10-6-8-26(41-28)9-7-11-33(37)42-30/h6-8,11-14,22,26-32,34H,3,9-10,15-20H2,1-2,4-5H3/b11-7-,13-12+/t22-,26-,27+,28-,29-,30-,31-,32-,34-/m0/s1. The molecule has 0 N–H and O–H groups in total. The molecule has 0 amide bonds. The summed E-state index contributed by atoms with van der Waals surface area (Å²) in [6.45, 7) is 11.7. The van der Waals surface area contributed by atoms with Gasteiger partial charge in [0, 0.05) is 32.8 Å². The predicted octanol–water partition coefficient (Wildman–Crippen LogP) is 5.25. The number of carbonyl (C=O) groups is 3. The normalized spacial score (nSPS) is 35.4. The Morgan fingerprint density at radius 2 is 1.88 bits per heavy atom. The quantitative estimate of drug-likeness (QED) is 0.181. The summed E-state index contributed by atoms with van der Waals surface area (Å²) in [7, 11) is 0. The van der Waals surface area contributed by atoms with E-state index in [-0.39, 0.29) is 30.8 Å². The van der Waals surface area contributed by atoms with E-state index in [1.165, 1.54) is 25.5 Å². The van der Waals surface area contributed by atoms with E-state index in [9.17, 15) is 14.4 Å². The van der Waals surface area contributed by atoms with Gasteiger partial charge < -0.3 is 28.4 Å². The third kappa shape index (κ3) is 10.9. The number of fused-ring (bicyclic) bond motifs is 3. The fraction of sp³-hybridized carbons (Fsp3) is 0.618. The van der Waals surface area contributed by atoms with Gasteiger partial charge in [-0.25, -0.2) is 4.79 Å². The van der Waals surface area contributed by atoms with Crippen molar-refractivity contribution in [2.24, 2.45) is 5.92 Å². The van der Waals surface area contributed by atoms with Crippen LogP contribution in [0.15, 0.2) is 60.3 Å². The van der Waals surface area contributed by atoms with Crippen molar-refractivity contribution in [1.29, 1.82) is 0 Å². The third-order valence-electron chi connectivity index (χ3n) is 8.02. The van der Waals surface area contributed by atoms with Gasteiger partial charge in [0.25, 0.3) is 0 Å². The molecule has 9 nitrogen and oxygen atoms in total. The molecule has 4 aliphatic rings. The smallest absolute Gasteiger partial charge is 0.330 e. The molecule has 2 bridgehead atoms. The maximum Gasteiger partial charge on any atom is 0.330 e. The first-order chi connectivity index (χ1) is 20.5. The van der Waals surface area contributed by atoms with Crippen molar-refractivity contribution in [1.82, 2.24) is 0 Å².